The first-order valence-electron chi connectivity index (χ1n) is 6.42. The lowest BCUT2D eigenvalue weighted by Crippen LogP contribution is -2.25. The molecule has 1 aromatic carbocycles. The number of rotatable bonds is 3. The minimum atomic E-state index is -0.581. The minimum Gasteiger partial charge on any atom is -0.345 e. The number of carbonyl (C=O) groups is 1. The van der Waals surface area contributed by atoms with E-state index in [0.717, 1.165) is 18.2 Å². The molecule has 0 bridgehead atoms. The first-order valence-corrected chi connectivity index (χ1v) is 6.42. The fourth-order valence-corrected chi connectivity index (χ4v) is 1.63. The van der Waals surface area contributed by atoms with E-state index in [0.29, 0.717) is 5.82 Å². The van der Waals surface area contributed by atoms with Gasteiger partial charge in [0.2, 0.25) is 5.82 Å². The van der Waals surface area contributed by atoms with Gasteiger partial charge in [0.05, 0.1) is 0 Å². The Morgan fingerprint density at radius 1 is 1.33 bits per heavy atom. The van der Waals surface area contributed by atoms with E-state index in [-0.39, 0.29) is 23.3 Å². The van der Waals surface area contributed by atoms with Crippen molar-refractivity contribution in [3.8, 4) is 0 Å². The van der Waals surface area contributed by atoms with Gasteiger partial charge >= 0.3 is 0 Å². The molecule has 0 aliphatic heterocycles. The van der Waals surface area contributed by atoms with Crippen molar-refractivity contribution in [2.75, 3.05) is 0 Å². The number of benzene rings is 1. The molecule has 1 heterocycles. The number of aromatic nitrogens is 3. The van der Waals surface area contributed by atoms with Gasteiger partial charge in [0, 0.05) is 17.5 Å². The second kappa shape index (κ2) is 5.59. The Morgan fingerprint density at radius 2 is 2.05 bits per heavy atom. The van der Waals surface area contributed by atoms with Crippen molar-refractivity contribution in [3.63, 3.8) is 0 Å². The molecule has 1 amide bonds. The van der Waals surface area contributed by atoms with Gasteiger partial charge in [0.1, 0.15) is 17.5 Å². The van der Waals surface area contributed by atoms with Crippen LogP contribution in [0.15, 0.2) is 18.2 Å². The first kappa shape index (κ1) is 15.1. The van der Waals surface area contributed by atoms with E-state index in [1.165, 1.54) is 0 Å². The maximum atomic E-state index is 13.4. The summed E-state index contributed by atoms with van der Waals surface area (Å²) in [6.45, 7) is 5.65. The molecule has 5 nitrogen and oxygen atoms in total. The largest absolute Gasteiger partial charge is 0.345 e. The fourth-order valence-electron chi connectivity index (χ4n) is 1.63. The molecule has 1 aromatic heterocycles. The highest BCUT2D eigenvalue weighted by Crippen LogP contribution is 2.17. The summed E-state index contributed by atoms with van der Waals surface area (Å²) in [5.41, 5.74) is -0.199. The van der Waals surface area contributed by atoms with Crippen LogP contribution in [0.4, 0.5) is 8.78 Å². The predicted molar refractivity (Wildman–Crippen MR) is 72.6 cm³/mol. The van der Waals surface area contributed by atoms with Crippen molar-refractivity contribution in [3.05, 3.63) is 47.0 Å². The average Bonchev–Trinajstić information content (AvgIpc) is 2.89. The molecule has 112 valence electrons. The second-order valence-electron chi connectivity index (χ2n) is 5.68. The van der Waals surface area contributed by atoms with Crippen LogP contribution in [0.3, 0.4) is 0 Å². The lowest BCUT2D eigenvalue weighted by atomic mass is 9.96. The molecule has 0 radical (unpaired) electrons. The third kappa shape index (κ3) is 3.62. The predicted octanol–water partition coefficient (Wildman–Crippen LogP) is 2.31. The summed E-state index contributed by atoms with van der Waals surface area (Å²) in [6, 6.07) is 3.07. The third-order valence-electron chi connectivity index (χ3n) is 2.85. The molecule has 7 heteroatoms. The Labute approximate surface area is 120 Å². The summed E-state index contributed by atoms with van der Waals surface area (Å²) in [4.78, 5) is 16.0. The number of H-pyrrole nitrogens is 1. The van der Waals surface area contributed by atoms with Crippen LogP contribution in [0.2, 0.25) is 0 Å². The summed E-state index contributed by atoms with van der Waals surface area (Å²) < 4.78 is 26.4. The maximum Gasteiger partial charge on any atom is 0.291 e. The van der Waals surface area contributed by atoms with E-state index in [1.807, 2.05) is 20.8 Å². The smallest absolute Gasteiger partial charge is 0.291 e. The van der Waals surface area contributed by atoms with Crippen molar-refractivity contribution in [1.29, 1.82) is 0 Å². The zero-order chi connectivity index (χ0) is 15.6. The fraction of sp³-hybridized carbons (Fsp3) is 0.357. The van der Waals surface area contributed by atoms with Crippen molar-refractivity contribution in [2.24, 2.45) is 0 Å². The van der Waals surface area contributed by atoms with Crippen molar-refractivity contribution in [1.82, 2.24) is 20.5 Å². The molecule has 2 N–H and O–H groups in total. The number of hydrogen-bond acceptors (Lipinski definition) is 3. The van der Waals surface area contributed by atoms with Gasteiger partial charge in [-0.15, -0.1) is 5.10 Å². The van der Waals surface area contributed by atoms with E-state index in [4.69, 9.17) is 0 Å². The van der Waals surface area contributed by atoms with Gasteiger partial charge < -0.3 is 5.32 Å². The molecule has 0 fully saturated rings. The molecule has 0 saturated carbocycles. The molecular weight excluding hydrogens is 278 g/mol. The second-order valence-corrected chi connectivity index (χ2v) is 5.68. The molecule has 21 heavy (non-hydrogen) atoms. The molecule has 0 saturated heterocycles. The molecule has 0 atom stereocenters. The van der Waals surface area contributed by atoms with Crippen LogP contribution in [0.25, 0.3) is 0 Å². The summed E-state index contributed by atoms with van der Waals surface area (Å²) in [5, 5.41) is 8.97. The standard InChI is InChI=1S/C14H16F2N4O/c1-14(2,3)13-18-11(19-20-13)12(21)17-7-8-6-9(15)4-5-10(8)16/h4-6H,7H2,1-3H3,(H,17,21)(H,18,19,20). The van der Waals surface area contributed by atoms with E-state index in [9.17, 15) is 13.6 Å². The lowest BCUT2D eigenvalue weighted by Gasteiger charge is -2.12. The molecular formula is C14H16F2N4O. The third-order valence-corrected chi connectivity index (χ3v) is 2.85. The number of nitrogens with one attached hydrogen (secondary N) is 2. The Kier molecular flexibility index (Phi) is 4.02. The van der Waals surface area contributed by atoms with Gasteiger partial charge in [-0.25, -0.2) is 13.8 Å². The van der Waals surface area contributed by atoms with Gasteiger partial charge in [-0.2, -0.15) is 0 Å². The SMILES string of the molecule is CC(C)(C)c1nc(C(=O)NCc2cc(F)ccc2F)n[nH]1. The summed E-state index contributed by atoms with van der Waals surface area (Å²) in [5.74, 6) is -1.15. The highest BCUT2D eigenvalue weighted by Gasteiger charge is 2.21. The lowest BCUT2D eigenvalue weighted by molar-refractivity contribution is 0.0940. The van der Waals surface area contributed by atoms with Crippen LogP contribution in [0, 0.1) is 11.6 Å². The van der Waals surface area contributed by atoms with E-state index >= 15 is 0 Å². The van der Waals surface area contributed by atoms with Crippen molar-refractivity contribution >= 4 is 5.91 Å². The van der Waals surface area contributed by atoms with Crippen molar-refractivity contribution < 1.29 is 13.6 Å². The Hall–Kier alpha value is -2.31. The molecule has 0 spiro atoms. The number of halogens is 2. The highest BCUT2D eigenvalue weighted by atomic mass is 19.1. The Bertz CT molecular complexity index is 661. The zero-order valence-electron chi connectivity index (χ0n) is 12.0. The minimum absolute atomic E-state index is 0.0308. The summed E-state index contributed by atoms with van der Waals surface area (Å²) in [6.07, 6.45) is 0. The Morgan fingerprint density at radius 3 is 2.67 bits per heavy atom. The van der Waals surface area contributed by atoms with E-state index in [2.05, 4.69) is 20.5 Å². The molecule has 0 unspecified atom stereocenters. The number of amides is 1. The van der Waals surface area contributed by atoms with E-state index in [1.54, 1.807) is 0 Å². The van der Waals surface area contributed by atoms with E-state index < -0.39 is 17.5 Å². The molecule has 0 aliphatic rings. The molecule has 2 rings (SSSR count). The number of aromatic amines is 1. The maximum absolute atomic E-state index is 13.4. The van der Waals surface area contributed by atoms with Gasteiger partial charge in [0.25, 0.3) is 5.91 Å². The van der Waals surface area contributed by atoms with Gasteiger partial charge in [-0.1, -0.05) is 20.8 Å². The van der Waals surface area contributed by atoms with Gasteiger partial charge in [0.15, 0.2) is 0 Å². The van der Waals surface area contributed by atoms with Crippen LogP contribution in [0.1, 0.15) is 42.8 Å². The quantitative estimate of drug-likeness (QED) is 0.912. The summed E-state index contributed by atoms with van der Waals surface area (Å²) in [7, 11) is 0. The monoisotopic (exact) mass is 294 g/mol. The number of carbonyl (C=O) groups excluding carboxylic acids is 1. The van der Waals surface area contributed by atoms with Crippen LogP contribution in [-0.4, -0.2) is 21.1 Å². The van der Waals surface area contributed by atoms with Crippen LogP contribution >= 0.6 is 0 Å². The van der Waals surface area contributed by atoms with Crippen LogP contribution in [-0.2, 0) is 12.0 Å². The number of nitrogens with zero attached hydrogens (tertiary/aromatic N) is 2. The summed E-state index contributed by atoms with van der Waals surface area (Å²) >= 11 is 0. The molecule has 0 aliphatic carbocycles. The zero-order valence-corrected chi connectivity index (χ0v) is 12.0. The Balaban J connectivity index is 2.05. The van der Waals surface area contributed by atoms with Crippen LogP contribution < -0.4 is 5.32 Å². The van der Waals surface area contributed by atoms with Crippen molar-refractivity contribution in [2.45, 2.75) is 32.7 Å². The molecule has 2 aromatic rings. The van der Waals surface area contributed by atoms with Crippen LogP contribution in [0.5, 0.6) is 0 Å². The highest BCUT2D eigenvalue weighted by molar-refractivity contribution is 5.90. The topological polar surface area (TPSA) is 70.7 Å². The normalized spacial score (nSPS) is 11.5. The average molecular weight is 294 g/mol. The van der Waals surface area contributed by atoms with Gasteiger partial charge in [-0.05, 0) is 18.2 Å². The first-order chi connectivity index (χ1) is 9.77. The number of hydrogen-bond donors (Lipinski definition) is 2. The van der Waals surface area contributed by atoms with Gasteiger partial charge in [-0.3, -0.25) is 9.89 Å².